The van der Waals surface area contributed by atoms with E-state index in [4.69, 9.17) is 5.73 Å². The molecular weight excluding hydrogens is 302 g/mol. The average molecular weight is 318 g/mol. The first kappa shape index (κ1) is 11.5. The van der Waals surface area contributed by atoms with Gasteiger partial charge >= 0.3 is 0 Å². The first-order chi connectivity index (χ1) is 9.24. The van der Waals surface area contributed by atoms with Gasteiger partial charge in [0.1, 0.15) is 0 Å². The Morgan fingerprint density at radius 1 is 1.16 bits per heavy atom. The van der Waals surface area contributed by atoms with E-state index in [9.17, 15) is 0 Å². The van der Waals surface area contributed by atoms with Crippen molar-refractivity contribution in [3.63, 3.8) is 0 Å². The molecule has 98 valence electrons. The van der Waals surface area contributed by atoms with Crippen LogP contribution in [0.4, 0.5) is 5.82 Å². The highest BCUT2D eigenvalue weighted by molar-refractivity contribution is 9.10. The minimum absolute atomic E-state index is 0.607. The Balaban J connectivity index is 1.79. The van der Waals surface area contributed by atoms with Gasteiger partial charge in [0.05, 0.1) is 0 Å². The Morgan fingerprint density at radius 2 is 1.89 bits per heavy atom. The van der Waals surface area contributed by atoms with Crippen LogP contribution in [0.15, 0.2) is 28.7 Å². The summed E-state index contributed by atoms with van der Waals surface area (Å²) in [5, 5.41) is 7.44. The molecule has 1 heterocycles. The van der Waals surface area contributed by atoms with E-state index >= 15 is 0 Å². The molecule has 0 aliphatic heterocycles. The molecule has 0 amide bonds. The summed E-state index contributed by atoms with van der Waals surface area (Å²) in [5.74, 6) is 3.14. The second-order valence-corrected chi connectivity index (χ2v) is 6.66. The normalized spacial score (nSPS) is 28.4. The summed E-state index contributed by atoms with van der Waals surface area (Å²) in [6.45, 7) is 0. The van der Waals surface area contributed by atoms with Gasteiger partial charge in [0.2, 0.25) is 0 Å². The summed E-state index contributed by atoms with van der Waals surface area (Å²) in [4.78, 5) is 0. The number of nitrogens with zero attached hydrogens (tertiary/aromatic N) is 1. The highest BCUT2D eigenvalue weighted by Gasteiger charge is 2.47. The van der Waals surface area contributed by atoms with E-state index in [2.05, 4.69) is 38.3 Å². The van der Waals surface area contributed by atoms with Gasteiger partial charge in [-0.1, -0.05) is 34.1 Å². The van der Waals surface area contributed by atoms with Gasteiger partial charge in [0, 0.05) is 27.2 Å². The summed E-state index contributed by atoms with van der Waals surface area (Å²) < 4.78 is 1.08. The number of nitrogens with one attached hydrogen (secondary N) is 1. The zero-order valence-electron chi connectivity index (χ0n) is 10.6. The number of H-pyrrole nitrogens is 1. The van der Waals surface area contributed by atoms with Gasteiger partial charge < -0.3 is 5.73 Å². The van der Waals surface area contributed by atoms with Gasteiger partial charge in [0.25, 0.3) is 0 Å². The molecule has 19 heavy (non-hydrogen) atoms. The lowest BCUT2D eigenvalue weighted by molar-refractivity contribution is 0.607. The number of nitrogens with two attached hydrogens (primary N) is 1. The predicted octanol–water partition coefficient (Wildman–Crippen LogP) is 3.93. The fourth-order valence-electron chi connectivity index (χ4n) is 3.56. The second-order valence-electron chi connectivity index (χ2n) is 5.80. The lowest BCUT2D eigenvalue weighted by Crippen LogP contribution is -1.99. The van der Waals surface area contributed by atoms with Crippen LogP contribution in [0, 0.1) is 11.8 Å². The number of hydrogen-bond acceptors (Lipinski definition) is 2. The molecule has 2 aliphatic rings. The Labute approximate surface area is 120 Å². The molecule has 1 aromatic carbocycles. The van der Waals surface area contributed by atoms with Crippen molar-refractivity contribution >= 4 is 21.7 Å². The molecule has 1 aromatic heterocycles. The van der Waals surface area contributed by atoms with Gasteiger partial charge in [-0.2, -0.15) is 5.10 Å². The number of aromatic nitrogens is 2. The molecule has 4 rings (SSSR count). The van der Waals surface area contributed by atoms with Crippen molar-refractivity contribution in [2.75, 3.05) is 5.73 Å². The summed E-state index contributed by atoms with van der Waals surface area (Å²) in [5.41, 5.74) is 9.56. The van der Waals surface area contributed by atoms with Crippen LogP contribution in [0.2, 0.25) is 0 Å². The van der Waals surface area contributed by atoms with Crippen LogP contribution in [-0.4, -0.2) is 10.2 Å². The maximum atomic E-state index is 6.09. The fraction of sp³-hybridized carbons (Fsp3) is 0.400. The van der Waals surface area contributed by atoms with Crippen molar-refractivity contribution in [2.24, 2.45) is 11.8 Å². The molecular formula is C15H16BrN3. The molecule has 4 heteroatoms. The quantitative estimate of drug-likeness (QED) is 0.881. The number of hydrogen-bond donors (Lipinski definition) is 2. The number of anilines is 1. The summed E-state index contributed by atoms with van der Waals surface area (Å²) in [6, 6.07) is 8.22. The topological polar surface area (TPSA) is 54.7 Å². The number of fused-ring (bicyclic) bond motifs is 1. The molecule has 2 aromatic rings. The highest BCUT2D eigenvalue weighted by atomic mass is 79.9. The standard InChI is InChI=1S/C15H16BrN3/c16-12-4-2-1-3-11(12)13-14(18-19-15(13)17)10-6-8-5-9(8)7-10/h1-4,8-10H,5-7H2,(H3,17,18,19). The lowest BCUT2D eigenvalue weighted by atomic mass is 9.93. The summed E-state index contributed by atoms with van der Waals surface area (Å²) in [7, 11) is 0. The first-order valence-electron chi connectivity index (χ1n) is 6.82. The van der Waals surface area contributed by atoms with Crippen molar-refractivity contribution in [3.8, 4) is 11.1 Å². The summed E-state index contributed by atoms with van der Waals surface area (Å²) >= 11 is 3.62. The van der Waals surface area contributed by atoms with Crippen LogP contribution in [-0.2, 0) is 0 Å². The smallest absolute Gasteiger partial charge is 0.153 e. The maximum Gasteiger partial charge on any atom is 0.153 e. The number of aromatic amines is 1. The largest absolute Gasteiger partial charge is 0.382 e. The van der Waals surface area contributed by atoms with E-state index in [0.717, 1.165) is 27.4 Å². The fourth-order valence-corrected chi connectivity index (χ4v) is 4.05. The Kier molecular flexibility index (Phi) is 2.49. The van der Waals surface area contributed by atoms with E-state index in [1.807, 2.05) is 12.1 Å². The van der Waals surface area contributed by atoms with Gasteiger partial charge in [-0.05, 0) is 37.2 Å². The van der Waals surface area contributed by atoms with Crippen LogP contribution in [0.3, 0.4) is 0 Å². The molecule has 0 radical (unpaired) electrons. The van der Waals surface area contributed by atoms with Crippen LogP contribution in [0.5, 0.6) is 0 Å². The number of benzene rings is 1. The second kappa shape index (κ2) is 4.10. The van der Waals surface area contributed by atoms with E-state index in [0.29, 0.717) is 11.7 Å². The molecule has 2 saturated carbocycles. The van der Waals surface area contributed by atoms with E-state index in [-0.39, 0.29) is 0 Å². The van der Waals surface area contributed by atoms with Gasteiger partial charge in [-0.25, -0.2) is 0 Å². The average Bonchev–Trinajstić information content (AvgIpc) is 2.84. The van der Waals surface area contributed by atoms with Crippen molar-refractivity contribution in [2.45, 2.75) is 25.2 Å². The monoisotopic (exact) mass is 317 g/mol. The number of halogens is 1. The number of rotatable bonds is 2. The van der Waals surface area contributed by atoms with Crippen molar-refractivity contribution in [3.05, 3.63) is 34.4 Å². The highest BCUT2D eigenvalue weighted by Crippen LogP contribution is 2.58. The Bertz CT molecular complexity index is 624. The zero-order valence-corrected chi connectivity index (χ0v) is 12.2. The maximum absolute atomic E-state index is 6.09. The Hall–Kier alpha value is -1.29. The predicted molar refractivity (Wildman–Crippen MR) is 79.7 cm³/mol. The van der Waals surface area contributed by atoms with Crippen LogP contribution >= 0.6 is 15.9 Å². The van der Waals surface area contributed by atoms with Crippen molar-refractivity contribution in [1.82, 2.24) is 10.2 Å². The third-order valence-corrected chi connectivity index (χ3v) is 5.31. The van der Waals surface area contributed by atoms with Gasteiger partial charge in [-0.15, -0.1) is 0 Å². The molecule has 2 fully saturated rings. The van der Waals surface area contributed by atoms with Crippen molar-refractivity contribution in [1.29, 1.82) is 0 Å². The molecule has 0 saturated heterocycles. The van der Waals surface area contributed by atoms with E-state index in [1.54, 1.807) is 0 Å². The summed E-state index contributed by atoms with van der Waals surface area (Å²) in [6.07, 6.45) is 4.03. The molecule has 3 N–H and O–H groups in total. The molecule has 0 bridgehead atoms. The SMILES string of the molecule is Nc1n[nH]c(C2CC3CC3C2)c1-c1ccccc1Br. The zero-order chi connectivity index (χ0) is 13.0. The molecule has 3 nitrogen and oxygen atoms in total. The van der Waals surface area contributed by atoms with Crippen LogP contribution in [0.25, 0.3) is 11.1 Å². The molecule has 0 spiro atoms. The Morgan fingerprint density at radius 3 is 2.63 bits per heavy atom. The minimum atomic E-state index is 0.607. The van der Waals surface area contributed by atoms with Crippen LogP contribution < -0.4 is 5.73 Å². The third-order valence-electron chi connectivity index (χ3n) is 4.62. The van der Waals surface area contributed by atoms with Gasteiger partial charge in [-0.3, -0.25) is 5.10 Å². The first-order valence-corrected chi connectivity index (χ1v) is 7.62. The van der Waals surface area contributed by atoms with Crippen LogP contribution in [0.1, 0.15) is 30.9 Å². The van der Waals surface area contributed by atoms with Gasteiger partial charge in [0.15, 0.2) is 5.82 Å². The molecule has 2 unspecified atom stereocenters. The van der Waals surface area contributed by atoms with E-state index in [1.165, 1.54) is 25.0 Å². The third kappa shape index (κ3) is 1.81. The molecule has 2 aliphatic carbocycles. The number of nitrogen functional groups attached to an aromatic ring is 1. The lowest BCUT2D eigenvalue weighted by Gasteiger charge is -2.13. The minimum Gasteiger partial charge on any atom is -0.382 e. The van der Waals surface area contributed by atoms with Crippen molar-refractivity contribution < 1.29 is 0 Å². The molecule has 2 atom stereocenters. The van der Waals surface area contributed by atoms with E-state index < -0.39 is 0 Å².